The van der Waals surface area contributed by atoms with Gasteiger partial charge in [0, 0.05) is 0 Å². The Labute approximate surface area is 108 Å². The van der Waals surface area contributed by atoms with E-state index in [2.05, 4.69) is 0 Å². The maximum Gasteiger partial charge on any atom is 0.416 e. The lowest BCUT2D eigenvalue weighted by Crippen LogP contribution is -2.04. The zero-order valence-electron chi connectivity index (χ0n) is 9.91. The SMILES string of the molecule is N#Cc1ccc(Cc2ccc(C(F)(F)F)cc2)cc1. The monoisotopic (exact) mass is 261 g/mol. The van der Waals surface area contributed by atoms with Gasteiger partial charge in [0.2, 0.25) is 0 Å². The van der Waals surface area contributed by atoms with Crippen LogP contribution in [0.25, 0.3) is 0 Å². The Morgan fingerprint density at radius 1 is 0.842 bits per heavy atom. The molecule has 0 saturated heterocycles. The number of nitrogens with zero attached hydrogens (tertiary/aromatic N) is 1. The third-order valence-electron chi connectivity index (χ3n) is 2.77. The summed E-state index contributed by atoms with van der Waals surface area (Å²) >= 11 is 0. The molecule has 0 bridgehead atoms. The van der Waals surface area contributed by atoms with Crippen LogP contribution in [0.5, 0.6) is 0 Å². The molecule has 0 spiro atoms. The van der Waals surface area contributed by atoms with Crippen LogP contribution >= 0.6 is 0 Å². The summed E-state index contributed by atoms with van der Waals surface area (Å²) in [4.78, 5) is 0. The van der Waals surface area contributed by atoms with Gasteiger partial charge in [0.25, 0.3) is 0 Å². The van der Waals surface area contributed by atoms with Gasteiger partial charge in [-0.2, -0.15) is 18.4 Å². The molecule has 2 aromatic rings. The standard InChI is InChI=1S/C15H10F3N/c16-15(17,18)14-7-5-12(6-8-14)9-11-1-3-13(10-19)4-2-11/h1-8H,9H2. The molecule has 0 saturated carbocycles. The molecule has 19 heavy (non-hydrogen) atoms. The molecule has 0 aliphatic carbocycles. The van der Waals surface area contributed by atoms with Crippen molar-refractivity contribution in [1.82, 2.24) is 0 Å². The van der Waals surface area contributed by atoms with Gasteiger partial charge < -0.3 is 0 Å². The third-order valence-corrected chi connectivity index (χ3v) is 2.77. The van der Waals surface area contributed by atoms with Crippen LogP contribution in [0.15, 0.2) is 48.5 Å². The second-order valence-corrected chi connectivity index (χ2v) is 4.18. The zero-order chi connectivity index (χ0) is 13.9. The molecular weight excluding hydrogens is 251 g/mol. The van der Waals surface area contributed by atoms with Gasteiger partial charge in [-0.25, -0.2) is 0 Å². The summed E-state index contributed by atoms with van der Waals surface area (Å²) in [6.45, 7) is 0. The number of benzene rings is 2. The highest BCUT2D eigenvalue weighted by molar-refractivity contribution is 5.35. The highest BCUT2D eigenvalue weighted by Gasteiger charge is 2.29. The summed E-state index contributed by atoms with van der Waals surface area (Å²) in [5.74, 6) is 0. The molecule has 0 fully saturated rings. The highest BCUT2D eigenvalue weighted by atomic mass is 19.4. The fourth-order valence-electron chi connectivity index (χ4n) is 1.74. The lowest BCUT2D eigenvalue weighted by atomic mass is 10.0. The van der Waals surface area contributed by atoms with Crippen LogP contribution in [0, 0.1) is 11.3 Å². The topological polar surface area (TPSA) is 23.8 Å². The number of halogens is 3. The van der Waals surface area contributed by atoms with E-state index in [-0.39, 0.29) is 0 Å². The Hall–Kier alpha value is -2.28. The molecule has 0 atom stereocenters. The van der Waals surface area contributed by atoms with E-state index in [0.29, 0.717) is 12.0 Å². The van der Waals surface area contributed by atoms with Crippen molar-refractivity contribution in [3.63, 3.8) is 0 Å². The van der Waals surface area contributed by atoms with Crippen molar-refractivity contribution in [3.8, 4) is 6.07 Å². The second kappa shape index (κ2) is 5.15. The first-order valence-corrected chi connectivity index (χ1v) is 5.64. The zero-order valence-corrected chi connectivity index (χ0v) is 9.91. The van der Waals surface area contributed by atoms with Gasteiger partial charge in [-0.1, -0.05) is 24.3 Å². The molecule has 0 aromatic heterocycles. The van der Waals surface area contributed by atoms with Gasteiger partial charge in [0.15, 0.2) is 0 Å². The number of nitriles is 1. The molecule has 1 nitrogen and oxygen atoms in total. The van der Waals surface area contributed by atoms with E-state index in [4.69, 9.17) is 5.26 Å². The van der Waals surface area contributed by atoms with Gasteiger partial charge in [-0.3, -0.25) is 0 Å². The van der Waals surface area contributed by atoms with Crippen molar-refractivity contribution in [1.29, 1.82) is 5.26 Å². The maximum absolute atomic E-state index is 12.4. The number of hydrogen-bond donors (Lipinski definition) is 0. The Balaban J connectivity index is 2.13. The minimum atomic E-state index is -4.30. The summed E-state index contributed by atoms with van der Waals surface area (Å²) in [5, 5.41) is 8.67. The fraction of sp³-hybridized carbons (Fsp3) is 0.133. The first-order valence-electron chi connectivity index (χ1n) is 5.64. The van der Waals surface area contributed by atoms with Crippen LogP contribution < -0.4 is 0 Å². The largest absolute Gasteiger partial charge is 0.416 e. The van der Waals surface area contributed by atoms with E-state index >= 15 is 0 Å². The van der Waals surface area contributed by atoms with Crippen LogP contribution in [0.2, 0.25) is 0 Å². The molecule has 0 aliphatic heterocycles. The van der Waals surface area contributed by atoms with Gasteiger partial charge in [0.05, 0.1) is 17.2 Å². The molecule has 0 unspecified atom stereocenters. The average molecular weight is 261 g/mol. The summed E-state index contributed by atoms with van der Waals surface area (Å²) in [5.41, 5.74) is 1.68. The molecule has 4 heteroatoms. The van der Waals surface area contributed by atoms with Gasteiger partial charge in [0.1, 0.15) is 0 Å². The second-order valence-electron chi connectivity index (χ2n) is 4.18. The Bertz CT molecular complexity index is 589. The van der Waals surface area contributed by atoms with Crippen LogP contribution in [0.4, 0.5) is 13.2 Å². The van der Waals surface area contributed by atoms with E-state index in [1.54, 1.807) is 24.3 Å². The van der Waals surface area contributed by atoms with E-state index in [1.165, 1.54) is 12.1 Å². The molecule has 2 rings (SSSR count). The van der Waals surface area contributed by atoms with E-state index in [0.717, 1.165) is 23.3 Å². The van der Waals surface area contributed by atoms with E-state index in [1.807, 2.05) is 6.07 Å². The average Bonchev–Trinajstić information content (AvgIpc) is 2.39. The molecule has 0 amide bonds. The molecular formula is C15H10F3N. The van der Waals surface area contributed by atoms with Crippen LogP contribution in [0.1, 0.15) is 22.3 Å². The summed E-state index contributed by atoms with van der Waals surface area (Å²) in [6.07, 6.45) is -3.75. The summed E-state index contributed by atoms with van der Waals surface area (Å²) in [7, 11) is 0. The molecule has 0 N–H and O–H groups in total. The van der Waals surface area contributed by atoms with Crippen molar-refractivity contribution < 1.29 is 13.2 Å². The molecule has 0 aliphatic rings. The fourth-order valence-corrected chi connectivity index (χ4v) is 1.74. The van der Waals surface area contributed by atoms with Gasteiger partial charge in [-0.05, 0) is 41.8 Å². The molecule has 96 valence electrons. The molecule has 2 aromatic carbocycles. The lowest BCUT2D eigenvalue weighted by molar-refractivity contribution is -0.137. The molecule has 0 heterocycles. The van der Waals surface area contributed by atoms with Crippen LogP contribution in [-0.2, 0) is 12.6 Å². The highest BCUT2D eigenvalue weighted by Crippen LogP contribution is 2.29. The van der Waals surface area contributed by atoms with Crippen LogP contribution in [0.3, 0.4) is 0 Å². The number of hydrogen-bond acceptors (Lipinski definition) is 1. The quantitative estimate of drug-likeness (QED) is 0.796. The maximum atomic E-state index is 12.4. The van der Waals surface area contributed by atoms with Crippen molar-refractivity contribution >= 4 is 0 Å². The minimum Gasteiger partial charge on any atom is -0.192 e. The smallest absolute Gasteiger partial charge is 0.192 e. The van der Waals surface area contributed by atoms with Crippen molar-refractivity contribution in [2.75, 3.05) is 0 Å². The lowest BCUT2D eigenvalue weighted by Gasteiger charge is -2.07. The number of alkyl halides is 3. The Morgan fingerprint density at radius 2 is 1.32 bits per heavy atom. The Morgan fingerprint density at radius 3 is 1.74 bits per heavy atom. The third kappa shape index (κ3) is 3.35. The summed E-state index contributed by atoms with van der Waals surface area (Å²) < 4.78 is 37.2. The normalized spacial score (nSPS) is 11.1. The Kier molecular flexibility index (Phi) is 3.57. The first kappa shape index (κ1) is 13.2. The van der Waals surface area contributed by atoms with Crippen molar-refractivity contribution in [2.45, 2.75) is 12.6 Å². The van der Waals surface area contributed by atoms with E-state index < -0.39 is 11.7 Å². The van der Waals surface area contributed by atoms with Gasteiger partial charge in [-0.15, -0.1) is 0 Å². The van der Waals surface area contributed by atoms with Crippen molar-refractivity contribution in [2.24, 2.45) is 0 Å². The predicted molar refractivity (Wildman–Crippen MR) is 65.4 cm³/mol. The van der Waals surface area contributed by atoms with E-state index in [9.17, 15) is 13.2 Å². The number of rotatable bonds is 2. The van der Waals surface area contributed by atoms with Crippen LogP contribution in [-0.4, -0.2) is 0 Å². The first-order chi connectivity index (χ1) is 8.99. The van der Waals surface area contributed by atoms with Gasteiger partial charge >= 0.3 is 6.18 Å². The summed E-state index contributed by atoms with van der Waals surface area (Å²) in [6, 6.07) is 14.1. The van der Waals surface area contributed by atoms with Crippen molar-refractivity contribution in [3.05, 3.63) is 70.8 Å². The predicted octanol–water partition coefficient (Wildman–Crippen LogP) is 4.17. The minimum absolute atomic E-state index is 0.545. The molecule has 0 radical (unpaired) electrons.